The monoisotopic (exact) mass is 397 g/mol. The molecular weight excluding hydrogens is 370 g/mol. The molecule has 0 fully saturated rings. The summed E-state index contributed by atoms with van der Waals surface area (Å²) < 4.78 is 0. The molecule has 0 radical (unpaired) electrons. The predicted molar refractivity (Wildman–Crippen MR) is 123 cm³/mol. The molecule has 0 aliphatic heterocycles. The first-order chi connectivity index (χ1) is 14.6. The fourth-order valence-electron chi connectivity index (χ4n) is 4.07. The Kier molecular flexibility index (Phi) is 5.79. The minimum atomic E-state index is 0.141. The Labute approximate surface area is 177 Å². The highest BCUT2D eigenvalue weighted by molar-refractivity contribution is 5.99. The molecule has 0 saturated carbocycles. The molecule has 0 bridgehead atoms. The Morgan fingerprint density at radius 2 is 1.70 bits per heavy atom. The first kappa shape index (κ1) is 20.1. The number of aromatic hydroxyl groups is 1. The molecule has 1 atom stereocenters. The Bertz CT molecular complexity index is 1170. The molecule has 1 heterocycles. The van der Waals surface area contributed by atoms with Gasteiger partial charge in [0.1, 0.15) is 5.75 Å². The van der Waals surface area contributed by atoms with E-state index in [4.69, 9.17) is 5.73 Å². The SMILES string of the molecule is Cc1ncc(O)c(CN)c1-c1c(CN[C@H](C)c2ccccc2)ccc2ccccc12. The van der Waals surface area contributed by atoms with Crippen LogP contribution >= 0.6 is 0 Å². The van der Waals surface area contributed by atoms with Crippen LogP contribution in [0.4, 0.5) is 0 Å². The number of hydrogen-bond acceptors (Lipinski definition) is 4. The molecule has 152 valence electrons. The number of aryl methyl sites for hydroxylation is 1. The fraction of sp³-hybridized carbons (Fsp3) is 0.192. The summed E-state index contributed by atoms with van der Waals surface area (Å²) in [6.07, 6.45) is 1.49. The van der Waals surface area contributed by atoms with Gasteiger partial charge in [-0.2, -0.15) is 0 Å². The third kappa shape index (κ3) is 3.80. The number of nitrogens with one attached hydrogen (secondary N) is 1. The van der Waals surface area contributed by atoms with Crippen LogP contribution < -0.4 is 11.1 Å². The lowest BCUT2D eigenvalue weighted by molar-refractivity contribution is 0.465. The normalized spacial score (nSPS) is 12.2. The predicted octanol–water partition coefficient (Wildman–Crippen LogP) is 5.23. The molecule has 4 nitrogen and oxygen atoms in total. The van der Waals surface area contributed by atoms with Crippen LogP contribution in [0.3, 0.4) is 0 Å². The average Bonchev–Trinajstić information content (AvgIpc) is 2.79. The van der Waals surface area contributed by atoms with E-state index in [2.05, 4.69) is 65.8 Å². The Morgan fingerprint density at radius 3 is 2.47 bits per heavy atom. The molecule has 0 amide bonds. The fourth-order valence-corrected chi connectivity index (χ4v) is 4.07. The second-order valence-corrected chi connectivity index (χ2v) is 7.62. The quantitative estimate of drug-likeness (QED) is 0.417. The van der Waals surface area contributed by atoms with Crippen LogP contribution in [0.2, 0.25) is 0 Å². The molecule has 4 N–H and O–H groups in total. The molecule has 0 spiro atoms. The van der Waals surface area contributed by atoms with Crippen LogP contribution in [0, 0.1) is 6.92 Å². The van der Waals surface area contributed by atoms with Crippen molar-refractivity contribution in [1.29, 1.82) is 0 Å². The van der Waals surface area contributed by atoms with Gasteiger partial charge in [0.05, 0.1) is 6.20 Å². The zero-order chi connectivity index (χ0) is 21.1. The lowest BCUT2D eigenvalue weighted by atomic mass is 9.89. The van der Waals surface area contributed by atoms with Gasteiger partial charge >= 0.3 is 0 Å². The third-order valence-electron chi connectivity index (χ3n) is 5.72. The summed E-state index contributed by atoms with van der Waals surface area (Å²) >= 11 is 0. The van der Waals surface area contributed by atoms with Crippen molar-refractivity contribution in [2.75, 3.05) is 0 Å². The minimum Gasteiger partial charge on any atom is -0.506 e. The largest absolute Gasteiger partial charge is 0.506 e. The van der Waals surface area contributed by atoms with Crippen LogP contribution in [-0.2, 0) is 13.1 Å². The van der Waals surface area contributed by atoms with Crippen molar-refractivity contribution in [3.63, 3.8) is 0 Å². The van der Waals surface area contributed by atoms with Crippen molar-refractivity contribution in [3.05, 3.63) is 95.3 Å². The van der Waals surface area contributed by atoms with Gasteiger partial charge in [0.25, 0.3) is 0 Å². The highest BCUT2D eigenvalue weighted by Crippen LogP contribution is 2.38. The van der Waals surface area contributed by atoms with Crippen molar-refractivity contribution in [3.8, 4) is 16.9 Å². The number of pyridine rings is 1. The van der Waals surface area contributed by atoms with Crippen molar-refractivity contribution in [2.45, 2.75) is 33.0 Å². The number of rotatable bonds is 6. The van der Waals surface area contributed by atoms with Crippen molar-refractivity contribution < 1.29 is 5.11 Å². The molecule has 0 aliphatic carbocycles. The molecule has 0 unspecified atom stereocenters. The number of fused-ring (bicyclic) bond motifs is 1. The second-order valence-electron chi connectivity index (χ2n) is 7.62. The maximum absolute atomic E-state index is 10.4. The Hall–Kier alpha value is -3.21. The number of hydrogen-bond donors (Lipinski definition) is 3. The van der Waals surface area contributed by atoms with E-state index in [9.17, 15) is 5.11 Å². The summed E-state index contributed by atoms with van der Waals surface area (Å²) in [5.41, 5.74) is 12.1. The minimum absolute atomic E-state index is 0.141. The molecule has 4 aromatic rings. The lowest BCUT2D eigenvalue weighted by Crippen LogP contribution is -2.18. The van der Waals surface area contributed by atoms with Crippen molar-refractivity contribution >= 4 is 10.8 Å². The zero-order valence-corrected chi connectivity index (χ0v) is 17.4. The van der Waals surface area contributed by atoms with Crippen LogP contribution in [0.5, 0.6) is 5.75 Å². The molecule has 30 heavy (non-hydrogen) atoms. The Morgan fingerprint density at radius 1 is 0.967 bits per heavy atom. The molecule has 4 heteroatoms. The standard InChI is InChI=1S/C26H27N3O/c1-17(19-8-4-3-5-9-19)28-15-21-13-12-20-10-6-7-11-22(20)26(21)25-18(2)29-16-24(30)23(25)14-27/h3-13,16-17,28,30H,14-15,27H2,1-2H3/t17-/m1/s1. The summed E-state index contributed by atoms with van der Waals surface area (Å²) in [6, 6.07) is 23.3. The van der Waals surface area contributed by atoms with E-state index in [1.165, 1.54) is 11.8 Å². The summed E-state index contributed by atoms with van der Waals surface area (Å²) in [6.45, 7) is 5.08. The second kappa shape index (κ2) is 8.66. The van der Waals surface area contributed by atoms with Gasteiger partial charge in [-0.25, -0.2) is 0 Å². The maximum atomic E-state index is 10.4. The Balaban J connectivity index is 1.83. The first-order valence-corrected chi connectivity index (χ1v) is 10.3. The van der Waals surface area contributed by atoms with Gasteiger partial charge in [0.15, 0.2) is 0 Å². The van der Waals surface area contributed by atoms with E-state index in [0.29, 0.717) is 6.54 Å². The van der Waals surface area contributed by atoms with E-state index in [-0.39, 0.29) is 18.3 Å². The number of benzene rings is 3. The van der Waals surface area contributed by atoms with Crippen molar-refractivity contribution in [2.24, 2.45) is 5.73 Å². The average molecular weight is 398 g/mol. The third-order valence-corrected chi connectivity index (χ3v) is 5.72. The number of nitrogens with two attached hydrogens (primary N) is 1. The van der Waals surface area contributed by atoms with Gasteiger partial charge < -0.3 is 16.2 Å². The zero-order valence-electron chi connectivity index (χ0n) is 17.4. The van der Waals surface area contributed by atoms with Crippen LogP contribution in [0.25, 0.3) is 21.9 Å². The van der Waals surface area contributed by atoms with Gasteiger partial charge in [-0.05, 0) is 41.3 Å². The molecular formula is C26H27N3O. The van der Waals surface area contributed by atoms with Crippen LogP contribution in [-0.4, -0.2) is 10.1 Å². The van der Waals surface area contributed by atoms with E-state index in [1.807, 2.05) is 25.1 Å². The van der Waals surface area contributed by atoms with Gasteiger partial charge in [0, 0.05) is 36.0 Å². The van der Waals surface area contributed by atoms with E-state index >= 15 is 0 Å². The molecule has 0 saturated heterocycles. The van der Waals surface area contributed by atoms with Crippen LogP contribution in [0.15, 0.2) is 72.9 Å². The van der Waals surface area contributed by atoms with E-state index < -0.39 is 0 Å². The molecule has 3 aromatic carbocycles. The summed E-state index contributed by atoms with van der Waals surface area (Å²) in [5, 5.41) is 16.4. The van der Waals surface area contributed by atoms with Gasteiger partial charge in [0.2, 0.25) is 0 Å². The highest BCUT2D eigenvalue weighted by Gasteiger charge is 2.19. The van der Waals surface area contributed by atoms with E-state index in [1.54, 1.807) is 0 Å². The summed E-state index contributed by atoms with van der Waals surface area (Å²) in [5.74, 6) is 0.141. The van der Waals surface area contributed by atoms with Gasteiger partial charge in [-0.15, -0.1) is 0 Å². The highest BCUT2D eigenvalue weighted by atomic mass is 16.3. The summed E-state index contributed by atoms with van der Waals surface area (Å²) in [4.78, 5) is 4.43. The number of nitrogens with zero attached hydrogens (tertiary/aromatic N) is 1. The maximum Gasteiger partial charge on any atom is 0.138 e. The lowest BCUT2D eigenvalue weighted by Gasteiger charge is -2.21. The van der Waals surface area contributed by atoms with Crippen molar-refractivity contribution in [1.82, 2.24) is 10.3 Å². The first-order valence-electron chi connectivity index (χ1n) is 10.3. The topological polar surface area (TPSA) is 71.2 Å². The molecule has 1 aromatic heterocycles. The van der Waals surface area contributed by atoms with E-state index in [0.717, 1.165) is 38.7 Å². The molecule has 0 aliphatic rings. The van der Waals surface area contributed by atoms with Gasteiger partial charge in [-0.1, -0.05) is 66.7 Å². The smallest absolute Gasteiger partial charge is 0.138 e. The molecule has 4 rings (SSSR count). The summed E-state index contributed by atoms with van der Waals surface area (Å²) in [7, 11) is 0. The van der Waals surface area contributed by atoms with Crippen LogP contribution in [0.1, 0.15) is 35.3 Å². The van der Waals surface area contributed by atoms with Gasteiger partial charge in [-0.3, -0.25) is 4.98 Å². The number of aromatic nitrogens is 1.